The lowest BCUT2D eigenvalue weighted by Gasteiger charge is -2.49. The summed E-state index contributed by atoms with van der Waals surface area (Å²) in [5.41, 5.74) is -0.675. The van der Waals surface area contributed by atoms with Crippen LogP contribution in [0.2, 0.25) is 0 Å². The van der Waals surface area contributed by atoms with Gasteiger partial charge in [0.05, 0.1) is 17.6 Å². The lowest BCUT2D eigenvalue weighted by atomic mass is 9.76. The Morgan fingerprint density at radius 2 is 2.06 bits per heavy atom. The first-order chi connectivity index (χ1) is 7.81. The fraction of sp³-hybridized carbons (Fsp3) is 0.727. The largest absolute Gasteiger partial charge is 0.479 e. The van der Waals surface area contributed by atoms with E-state index in [-0.39, 0.29) is 18.4 Å². The van der Waals surface area contributed by atoms with Gasteiger partial charge in [-0.2, -0.15) is 0 Å². The van der Waals surface area contributed by atoms with Gasteiger partial charge < -0.3 is 14.7 Å². The van der Waals surface area contributed by atoms with Crippen molar-refractivity contribution in [2.45, 2.75) is 38.0 Å². The molecule has 6 nitrogen and oxygen atoms in total. The van der Waals surface area contributed by atoms with E-state index in [0.29, 0.717) is 0 Å². The predicted molar refractivity (Wildman–Crippen MR) is 56.3 cm³/mol. The summed E-state index contributed by atoms with van der Waals surface area (Å²) < 4.78 is 5.24. The van der Waals surface area contributed by atoms with Crippen molar-refractivity contribution >= 4 is 17.7 Å². The number of amides is 1. The smallest absolute Gasteiger partial charge is 0.334 e. The zero-order valence-corrected chi connectivity index (χ0v) is 9.97. The first-order valence-electron chi connectivity index (χ1n) is 5.44. The van der Waals surface area contributed by atoms with E-state index in [0.717, 1.165) is 0 Å². The van der Waals surface area contributed by atoms with Gasteiger partial charge in [-0.3, -0.25) is 9.59 Å². The average Bonchev–Trinajstić information content (AvgIpc) is 2.51. The average molecular weight is 241 g/mol. The summed E-state index contributed by atoms with van der Waals surface area (Å²) in [5, 5.41) is 8.92. The highest BCUT2D eigenvalue weighted by molar-refractivity contribution is 6.10. The third kappa shape index (κ3) is 1.47. The number of rotatable bonds is 3. The van der Waals surface area contributed by atoms with Crippen molar-refractivity contribution in [1.29, 1.82) is 0 Å². The number of carboxylic acids is 1. The van der Waals surface area contributed by atoms with Crippen LogP contribution in [-0.2, 0) is 19.1 Å². The molecular formula is C11H15NO5. The lowest BCUT2D eigenvalue weighted by Crippen LogP contribution is -2.67. The minimum atomic E-state index is -1.29. The second-order valence-corrected chi connectivity index (χ2v) is 5.01. The van der Waals surface area contributed by atoms with E-state index in [2.05, 4.69) is 0 Å². The van der Waals surface area contributed by atoms with Crippen LogP contribution in [0.15, 0.2) is 0 Å². The van der Waals surface area contributed by atoms with Crippen molar-refractivity contribution in [3.63, 3.8) is 0 Å². The molecule has 2 heterocycles. The number of carbonyl (C=O) groups excluding carboxylic acids is 2. The van der Waals surface area contributed by atoms with E-state index in [4.69, 9.17) is 9.84 Å². The van der Waals surface area contributed by atoms with Crippen molar-refractivity contribution in [1.82, 2.24) is 4.90 Å². The molecule has 0 aromatic carbocycles. The highest BCUT2D eigenvalue weighted by Gasteiger charge is 2.63. The van der Waals surface area contributed by atoms with Crippen LogP contribution in [-0.4, -0.2) is 52.5 Å². The van der Waals surface area contributed by atoms with Crippen LogP contribution in [0, 0.1) is 5.92 Å². The van der Waals surface area contributed by atoms with E-state index in [1.54, 1.807) is 13.8 Å². The van der Waals surface area contributed by atoms with Crippen LogP contribution in [0.4, 0.5) is 0 Å². The Kier molecular flexibility index (Phi) is 2.50. The van der Waals surface area contributed by atoms with Crippen molar-refractivity contribution in [2.75, 3.05) is 7.11 Å². The molecule has 0 aromatic rings. The molecule has 94 valence electrons. The van der Waals surface area contributed by atoms with E-state index in [1.165, 1.54) is 12.0 Å². The van der Waals surface area contributed by atoms with E-state index in [1.807, 2.05) is 0 Å². The number of Topliss-reactive ketones (excluding diaryl/α,β-unsaturated/α-hetero) is 1. The van der Waals surface area contributed by atoms with Crippen LogP contribution < -0.4 is 0 Å². The summed E-state index contributed by atoms with van der Waals surface area (Å²) in [6.45, 7) is 3.54. The molecule has 2 aliphatic heterocycles. The molecule has 0 aromatic heterocycles. The minimum absolute atomic E-state index is 0.111. The van der Waals surface area contributed by atoms with E-state index >= 15 is 0 Å². The second kappa shape index (κ2) is 3.53. The Morgan fingerprint density at radius 3 is 2.53 bits per heavy atom. The van der Waals surface area contributed by atoms with Gasteiger partial charge >= 0.3 is 5.97 Å². The quantitative estimate of drug-likeness (QED) is 0.540. The molecule has 0 radical (unpaired) electrons. The number of β-lactam (4-membered cyclic amide) rings is 1. The normalized spacial score (nSPS) is 32.4. The Morgan fingerprint density at radius 1 is 1.47 bits per heavy atom. The maximum atomic E-state index is 11.9. The Hall–Kier alpha value is -1.43. The van der Waals surface area contributed by atoms with Gasteiger partial charge in [0, 0.05) is 13.5 Å². The molecule has 2 fully saturated rings. The van der Waals surface area contributed by atoms with Gasteiger partial charge in [0.2, 0.25) is 5.91 Å². The number of hydrogen-bond donors (Lipinski definition) is 1. The first-order valence-corrected chi connectivity index (χ1v) is 5.44. The molecule has 0 aliphatic carbocycles. The van der Waals surface area contributed by atoms with E-state index < -0.39 is 29.3 Å². The highest BCUT2D eigenvalue weighted by atomic mass is 16.5. The van der Waals surface area contributed by atoms with Gasteiger partial charge in [0.15, 0.2) is 11.8 Å². The molecule has 17 heavy (non-hydrogen) atoms. The van der Waals surface area contributed by atoms with Crippen LogP contribution in [0.5, 0.6) is 0 Å². The van der Waals surface area contributed by atoms with Crippen LogP contribution >= 0.6 is 0 Å². The fourth-order valence-electron chi connectivity index (χ4n) is 2.72. The molecular weight excluding hydrogens is 226 g/mol. The maximum absolute atomic E-state index is 11.9. The molecule has 2 aliphatic rings. The standard InChI is InChI=1S/C11H15NO5/c1-11(2,17-3)7-5-4-6(13)8(10(15)16)12(5)9(7)14/h5,7-8H,4H2,1-3H3,(H,15,16)/t5-,7+,8-/m1/s1. The summed E-state index contributed by atoms with van der Waals surface area (Å²) in [6, 6.07) is -1.62. The van der Waals surface area contributed by atoms with Gasteiger partial charge in [-0.05, 0) is 13.8 Å². The molecule has 1 amide bonds. The molecule has 2 saturated heterocycles. The zero-order chi connectivity index (χ0) is 13.0. The van der Waals surface area contributed by atoms with Gasteiger partial charge in [-0.1, -0.05) is 0 Å². The Balaban J connectivity index is 2.25. The molecule has 0 bridgehead atoms. The number of ketones is 1. The number of nitrogens with zero attached hydrogens (tertiary/aromatic N) is 1. The van der Waals surface area contributed by atoms with Crippen molar-refractivity contribution in [3.05, 3.63) is 0 Å². The van der Waals surface area contributed by atoms with Crippen molar-refractivity contribution in [2.24, 2.45) is 5.92 Å². The second-order valence-electron chi connectivity index (χ2n) is 5.01. The number of hydrogen-bond acceptors (Lipinski definition) is 4. The Bertz CT molecular complexity index is 403. The third-order valence-electron chi connectivity index (χ3n) is 3.77. The van der Waals surface area contributed by atoms with Crippen molar-refractivity contribution < 1.29 is 24.2 Å². The number of methoxy groups -OCH3 is 1. The number of fused-ring (bicyclic) bond motifs is 1. The van der Waals surface area contributed by atoms with Gasteiger partial charge in [-0.15, -0.1) is 0 Å². The summed E-state index contributed by atoms with van der Waals surface area (Å²) in [7, 11) is 1.50. The summed E-state index contributed by atoms with van der Waals surface area (Å²) in [5.74, 6) is -2.38. The van der Waals surface area contributed by atoms with Crippen molar-refractivity contribution in [3.8, 4) is 0 Å². The molecule has 6 heteroatoms. The zero-order valence-electron chi connectivity index (χ0n) is 9.97. The summed E-state index contributed by atoms with van der Waals surface area (Å²) in [6.07, 6.45) is 0.111. The van der Waals surface area contributed by atoms with Gasteiger partial charge in [0.25, 0.3) is 0 Å². The molecule has 2 rings (SSSR count). The first kappa shape index (κ1) is 12.0. The molecule has 0 saturated carbocycles. The summed E-state index contributed by atoms with van der Waals surface area (Å²) >= 11 is 0. The highest BCUT2D eigenvalue weighted by Crippen LogP contribution is 2.44. The number of ether oxygens (including phenoxy) is 1. The van der Waals surface area contributed by atoms with Crippen LogP contribution in [0.1, 0.15) is 20.3 Å². The number of carbonyl (C=O) groups is 3. The third-order valence-corrected chi connectivity index (χ3v) is 3.77. The molecule has 3 atom stereocenters. The number of carboxylic acid groups (broad SMARTS) is 1. The minimum Gasteiger partial charge on any atom is -0.479 e. The molecule has 0 unspecified atom stereocenters. The maximum Gasteiger partial charge on any atom is 0.334 e. The summed E-state index contributed by atoms with van der Waals surface area (Å²) in [4.78, 5) is 35.6. The van der Waals surface area contributed by atoms with E-state index in [9.17, 15) is 14.4 Å². The topological polar surface area (TPSA) is 83.9 Å². The molecule has 0 spiro atoms. The van der Waals surface area contributed by atoms with Gasteiger partial charge in [-0.25, -0.2) is 4.79 Å². The number of aliphatic carboxylic acids is 1. The monoisotopic (exact) mass is 241 g/mol. The lowest BCUT2D eigenvalue weighted by molar-refractivity contribution is -0.180. The van der Waals surface area contributed by atoms with Gasteiger partial charge in [0.1, 0.15) is 0 Å². The Labute approximate surface area is 98.5 Å². The fourth-order valence-corrected chi connectivity index (χ4v) is 2.72. The SMILES string of the molecule is COC(C)(C)[C@@H]1C(=O)N2[C@@H](C(=O)O)C(=O)C[C@H]12. The van der Waals surface area contributed by atoms with Crippen LogP contribution in [0.3, 0.4) is 0 Å². The molecule has 1 N–H and O–H groups in total. The van der Waals surface area contributed by atoms with Crippen LogP contribution in [0.25, 0.3) is 0 Å². The predicted octanol–water partition coefficient (Wildman–Crippen LogP) is -0.336.